The van der Waals surface area contributed by atoms with E-state index in [1.165, 1.54) is 4.90 Å². The molecule has 0 spiro atoms. The number of nitrogens with one attached hydrogen (secondary N) is 1. The van der Waals surface area contributed by atoms with E-state index in [0.717, 1.165) is 34.1 Å². The van der Waals surface area contributed by atoms with Crippen molar-refractivity contribution in [2.75, 3.05) is 17.4 Å². The molecule has 0 radical (unpaired) electrons. The van der Waals surface area contributed by atoms with Gasteiger partial charge in [0.1, 0.15) is 18.4 Å². The van der Waals surface area contributed by atoms with Crippen LogP contribution in [0.15, 0.2) is 83.8 Å². The van der Waals surface area contributed by atoms with Crippen molar-refractivity contribution in [2.24, 2.45) is 5.92 Å². The zero-order valence-electron chi connectivity index (χ0n) is 21.5. The second-order valence-corrected chi connectivity index (χ2v) is 11.6. The summed E-state index contributed by atoms with van der Waals surface area (Å²) in [7, 11) is -4.24. The Morgan fingerprint density at radius 1 is 0.921 bits per heavy atom. The van der Waals surface area contributed by atoms with Crippen LogP contribution < -0.4 is 9.62 Å². The van der Waals surface area contributed by atoms with Crippen LogP contribution in [-0.2, 0) is 26.2 Å². The Balaban J connectivity index is 1.97. The number of nitrogens with zero attached hydrogens (tertiary/aromatic N) is 2. The van der Waals surface area contributed by atoms with E-state index in [1.54, 1.807) is 61.5 Å². The molecule has 2 amide bonds. The van der Waals surface area contributed by atoms with Crippen molar-refractivity contribution >= 4 is 39.1 Å². The molecule has 0 saturated carbocycles. The molecular weight excluding hydrogens is 529 g/mol. The van der Waals surface area contributed by atoms with Crippen LogP contribution in [0.5, 0.6) is 0 Å². The fourth-order valence-corrected chi connectivity index (χ4v) is 5.22. The largest absolute Gasteiger partial charge is 0.354 e. The van der Waals surface area contributed by atoms with Crippen molar-refractivity contribution in [2.45, 2.75) is 38.3 Å². The maximum Gasteiger partial charge on any atom is 0.264 e. The first-order valence-electron chi connectivity index (χ1n) is 12.1. The molecule has 1 unspecified atom stereocenters. The van der Waals surface area contributed by atoms with Gasteiger partial charge in [-0.15, -0.1) is 0 Å². The van der Waals surface area contributed by atoms with Crippen molar-refractivity contribution in [3.05, 3.63) is 95.3 Å². The van der Waals surface area contributed by atoms with E-state index < -0.39 is 34.3 Å². The maximum atomic E-state index is 13.8. The van der Waals surface area contributed by atoms with Gasteiger partial charge in [0.15, 0.2) is 0 Å². The topological polar surface area (TPSA) is 86.8 Å². The van der Waals surface area contributed by atoms with Gasteiger partial charge < -0.3 is 10.2 Å². The molecule has 0 fully saturated rings. The highest BCUT2D eigenvalue weighted by Crippen LogP contribution is 2.24. The molecule has 202 valence electrons. The van der Waals surface area contributed by atoms with Crippen LogP contribution in [0.25, 0.3) is 0 Å². The van der Waals surface area contributed by atoms with Crippen LogP contribution >= 0.6 is 11.6 Å². The highest BCUT2D eigenvalue weighted by Gasteiger charge is 2.32. The average molecular weight is 560 g/mol. The Morgan fingerprint density at radius 3 is 2.11 bits per heavy atom. The number of amides is 2. The van der Waals surface area contributed by atoms with Crippen LogP contribution in [0.1, 0.15) is 26.3 Å². The molecule has 3 aromatic carbocycles. The summed E-state index contributed by atoms with van der Waals surface area (Å²) in [6, 6.07) is 18.5. The molecule has 0 aliphatic carbocycles. The number of hydrogen-bond acceptors (Lipinski definition) is 4. The van der Waals surface area contributed by atoms with Gasteiger partial charge in [0.25, 0.3) is 10.0 Å². The number of carbonyl (C=O) groups is 2. The lowest BCUT2D eigenvalue weighted by atomic mass is 10.1. The second-order valence-electron chi connectivity index (χ2n) is 9.26. The van der Waals surface area contributed by atoms with Crippen molar-refractivity contribution < 1.29 is 22.4 Å². The summed E-state index contributed by atoms with van der Waals surface area (Å²) >= 11 is 6.01. The van der Waals surface area contributed by atoms with Crippen molar-refractivity contribution in [3.63, 3.8) is 0 Å². The van der Waals surface area contributed by atoms with Gasteiger partial charge in [0.05, 0.1) is 10.6 Å². The predicted octanol–water partition coefficient (Wildman–Crippen LogP) is 4.86. The van der Waals surface area contributed by atoms with Crippen LogP contribution in [0, 0.1) is 11.7 Å². The number of rotatable bonds is 11. The van der Waals surface area contributed by atoms with Gasteiger partial charge in [-0.2, -0.15) is 0 Å². The highest BCUT2D eigenvalue weighted by molar-refractivity contribution is 7.92. The molecule has 10 heteroatoms. The third kappa shape index (κ3) is 7.55. The summed E-state index contributed by atoms with van der Waals surface area (Å²) in [6.07, 6.45) is 0. The van der Waals surface area contributed by atoms with E-state index in [2.05, 4.69) is 5.32 Å². The number of carbonyl (C=O) groups excluding carboxylic acids is 2. The van der Waals surface area contributed by atoms with Gasteiger partial charge in [0.2, 0.25) is 11.8 Å². The molecule has 7 nitrogen and oxygen atoms in total. The number of para-hydroxylation sites is 1. The molecule has 1 atom stereocenters. The molecule has 1 N–H and O–H groups in total. The fraction of sp³-hybridized carbons (Fsp3) is 0.286. The van der Waals surface area contributed by atoms with Crippen molar-refractivity contribution in [1.82, 2.24) is 10.2 Å². The van der Waals surface area contributed by atoms with Crippen LogP contribution in [0.2, 0.25) is 5.02 Å². The Labute approximate surface area is 228 Å². The first-order chi connectivity index (χ1) is 18.0. The number of anilines is 1. The number of hydrogen-bond donors (Lipinski definition) is 1. The van der Waals surface area contributed by atoms with E-state index in [0.29, 0.717) is 11.6 Å². The maximum absolute atomic E-state index is 13.8. The predicted molar refractivity (Wildman–Crippen MR) is 147 cm³/mol. The normalized spacial score (nSPS) is 12.2. The smallest absolute Gasteiger partial charge is 0.264 e. The third-order valence-corrected chi connectivity index (χ3v) is 7.88. The molecule has 3 aromatic rings. The summed E-state index contributed by atoms with van der Waals surface area (Å²) in [5.41, 5.74) is 0.979. The zero-order valence-corrected chi connectivity index (χ0v) is 23.0. The van der Waals surface area contributed by atoms with E-state index in [-0.39, 0.29) is 29.0 Å². The molecule has 0 saturated heterocycles. The molecule has 0 aliphatic heterocycles. The zero-order chi connectivity index (χ0) is 27.9. The van der Waals surface area contributed by atoms with Crippen LogP contribution in [0.3, 0.4) is 0 Å². The lowest BCUT2D eigenvalue weighted by Gasteiger charge is -2.32. The molecule has 0 aromatic heterocycles. The number of halogens is 2. The molecular formula is C28H31ClFN3O4S. The quantitative estimate of drug-likeness (QED) is 0.363. The van der Waals surface area contributed by atoms with E-state index in [9.17, 15) is 22.4 Å². The first kappa shape index (κ1) is 29.1. The Hall–Kier alpha value is -3.43. The van der Waals surface area contributed by atoms with Gasteiger partial charge in [-0.25, -0.2) is 12.8 Å². The number of sulfonamides is 1. The summed E-state index contributed by atoms with van der Waals surface area (Å²) in [6.45, 7) is 5.44. The fourth-order valence-electron chi connectivity index (χ4n) is 3.68. The Kier molecular flexibility index (Phi) is 9.88. The Bertz CT molecular complexity index is 1330. The minimum absolute atomic E-state index is 0.0610. The average Bonchev–Trinajstić information content (AvgIpc) is 2.90. The van der Waals surface area contributed by atoms with E-state index >= 15 is 0 Å². The third-order valence-electron chi connectivity index (χ3n) is 5.84. The van der Waals surface area contributed by atoms with Gasteiger partial charge in [-0.1, -0.05) is 55.8 Å². The van der Waals surface area contributed by atoms with Crippen molar-refractivity contribution in [1.29, 1.82) is 0 Å². The van der Waals surface area contributed by atoms with Gasteiger partial charge in [-0.3, -0.25) is 13.9 Å². The minimum Gasteiger partial charge on any atom is -0.354 e. The molecule has 0 heterocycles. The van der Waals surface area contributed by atoms with Crippen LogP contribution in [0.4, 0.5) is 10.1 Å². The molecule has 0 bridgehead atoms. The van der Waals surface area contributed by atoms with E-state index in [1.807, 2.05) is 13.8 Å². The van der Waals surface area contributed by atoms with Crippen LogP contribution in [-0.4, -0.2) is 44.3 Å². The Morgan fingerprint density at radius 2 is 1.53 bits per heavy atom. The van der Waals surface area contributed by atoms with Crippen molar-refractivity contribution in [3.8, 4) is 0 Å². The molecule has 3 rings (SSSR count). The standard InChI is InChI=1S/C28H31ClFN3O4S/c1-20(2)17-31-28(35)21(3)32(18-22-9-11-23(29)12-10-22)27(34)19-33(25-7-5-4-6-8-25)38(36,37)26-15-13-24(30)14-16-26/h4-16,20-21H,17-19H2,1-3H3,(H,31,35). The molecule has 0 aliphatic rings. The first-order valence-corrected chi connectivity index (χ1v) is 14.0. The second kappa shape index (κ2) is 12.9. The lowest BCUT2D eigenvalue weighted by molar-refractivity contribution is -0.139. The summed E-state index contributed by atoms with van der Waals surface area (Å²) in [5.74, 6) is -1.31. The van der Waals surface area contributed by atoms with E-state index in [4.69, 9.17) is 11.6 Å². The summed E-state index contributed by atoms with van der Waals surface area (Å²) in [5, 5.41) is 3.36. The summed E-state index contributed by atoms with van der Waals surface area (Å²) in [4.78, 5) is 27.9. The number of benzene rings is 3. The summed E-state index contributed by atoms with van der Waals surface area (Å²) < 4.78 is 41.7. The van der Waals surface area contributed by atoms with Gasteiger partial charge >= 0.3 is 0 Å². The minimum atomic E-state index is -4.24. The monoisotopic (exact) mass is 559 g/mol. The van der Waals surface area contributed by atoms with Gasteiger partial charge in [0, 0.05) is 18.1 Å². The molecule has 38 heavy (non-hydrogen) atoms. The lowest BCUT2D eigenvalue weighted by Crippen LogP contribution is -2.51. The highest BCUT2D eigenvalue weighted by atomic mass is 35.5. The van der Waals surface area contributed by atoms with Gasteiger partial charge in [-0.05, 0) is 66.9 Å². The SMILES string of the molecule is CC(C)CNC(=O)C(C)N(Cc1ccc(Cl)cc1)C(=O)CN(c1ccccc1)S(=O)(=O)c1ccc(F)cc1.